The van der Waals surface area contributed by atoms with Crippen molar-refractivity contribution in [3.8, 4) is 11.5 Å². The number of halogens is 1. The van der Waals surface area contributed by atoms with E-state index in [1.54, 1.807) is 12.3 Å². The average Bonchev–Trinajstić information content (AvgIpc) is 2.49. The highest BCUT2D eigenvalue weighted by molar-refractivity contribution is 14.1. The van der Waals surface area contributed by atoms with E-state index in [1.807, 2.05) is 52.9 Å². The number of aromatic nitrogens is 1. The van der Waals surface area contributed by atoms with Gasteiger partial charge in [-0.2, -0.15) is 0 Å². The van der Waals surface area contributed by atoms with Gasteiger partial charge in [0.2, 0.25) is 0 Å². The first-order valence-corrected chi connectivity index (χ1v) is 7.18. The highest BCUT2D eigenvalue weighted by Crippen LogP contribution is 2.32. The van der Waals surface area contributed by atoms with Crippen molar-refractivity contribution in [3.63, 3.8) is 0 Å². The summed E-state index contributed by atoms with van der Waals surface area (Å²) < 4.78 is 6.54. The van der Waals surface area contributed by atoms with Gasteiger partial charge in [0.15, 0.2) is 5.75 Å². The number of non-ortho nitro benzene ring substituents is 1. The monoisotopic (exact) mass is 392 g/mol. The molecule has 104 valence electrons. The lowest BCUT2D eigenvalue weighted by atomic mass is 10.2. The van der Waals surface area contributed by atoms with E-state index in [-0.39, 0.29) is 5.69 Å². The molecule has 0 radical (unpaired) electrons. The third-order valence-corrected chi connectivity index (χ3v) is 3.78. The van der Waals surface area contributed by atoms with Gasteiger partial charge in [0, 0.05) is 23.7 Å². The molecule has 0 aliphatic heterocycles. The molecule has 21 heavy (non-hydrogen) atoms. The molecule has 0 saturated heterocycles. The van der Waals surface area contributed by atoms with Gasteiger partial charge in [-0.3, -0.25) is 15.1 Å². The van der Waals surface area contributed by atoms with Crippen LogP contribution in [-0.2, 0) is 0 Å². The number of nitro benzene ring substituents is 1. The van der Waals surface area contributed by atoms with Crippen molar-refractivity contribution in [3.05, 3.63) is 68.4 Å². The Morgan fingerprint density at radius 2 is 1.90 bits per heavy atom. The summed E-state index contributed by atoms with van der Waals surface area (Å²) in [6.45, 7) is 0. The molecule has 0 atom stereocenters. The largest absolute Gasteiger partial charge is 0.454 e. The highest BCUT2D eigenvalue weighted by atomic mass is 127. The highest BCUT2D eigenvalue weighted by Gasteiger charge is 2.12. The molecule has 0 saturated carbocycles. The molecule has 0 unspecified atom stereocenters. The van der Waals surface area contributed by atoms with Gasteiger partial charge in [-0.1, -0.05) is 18.2 Å². The quantitative estimate of drug-likeness (QED) is 0.373. The maximum atomic E-state index is 10.7. The van der Waals surface area contributed by atoms with Crippen LogP contribution in [0.2, 0.25) is 0 Å². The predicted octanol–water partition coefficient (Wildman–Crippen LogP) is 4.54. The van der Waals surface area contributed by atoms with Gasteiger partial charge in [-0.05, 0) is 40.8 Å². The average molecular weight is 392 g/mol. The molecule has 3 aromatic rings. The minimum atomic E-state index is -0.425. The molecule has 0 spiro atoms. The van der Waals surface area contributed by atoms with Crippen LogP contribution in [0.25, 0.3) is 10.9 Å². The fraction of sp³-hybridized carbons (Fsp3) is 0. The lowest BCUT2D eigenvalue weighted by molar-refractivity contribution is -0.385. The molecule has 1 aromatic heterocycles. The number of rotatable bonds is 3. The molecule has 0 aliphatic rings. The van der Waals surface area contributed by atoms with Gasteiger partial charge in [-0.25, -0.2) is 0 Å². The van der Waals surface area contributed by atoms with Gasteiger partial charge in [0.05, 0.1) is 8.49 Å². The van der Waals surface area contributed by atoms with Crippen LogP contribution < -0.4 is 4.74 Å². The van der Waals surface area contributed by atoms with Crippen LogP contribution in [0.3, 0.4) is 0 Å². The van der Waals surface area contributed by atoms with Crippen molar-refractivity contribution < 1.29 is 9.66 Å². The minimum Gasteiger partial charge on any atom is -0.454 e. The second-order valence-electron chi connectivity index (χ2n) is 4.31. The first-order valence-electron chi connectivity index (χ1n) is 6.11. The zero-order valence-corrected chi connectivity index (χ0v) is 12.9. The molecule has 5 nitrogen and oxygen atoms in total. The third kappa shape index (κ3) is 2.80. The van der Waals surface area contributed by atoms with E-state index in [4.69, 9.17) is 4.74 Å². The van der Waals surface area contributed by atoms with Gasteiger partial charge >= 0.3 is 0 Å². The molecule has 0 bridgehead atoms. The fourth-order valence-corrected chi connectivity index (χ4v) is 2.57. The molecule has 0 amide bonds. The predicted molar refractivity (Wildman–Crippen MR) is 87.6 cm³/mol. The van der Waals surface area contributed by atoms with Gasteiger partial charge in [-0.15, -0.1) is 0 Å². The number of benzene rings is 2. The van der Waals surface area contributed by atoms with E-state index in [0.29, 0.717) is 15.1 Å². The Hall–Kier alpha value is -2.22. The number of ether oxygens (including phenoxy) is 1. The molecule has 2 aromatic carbocycles. The maximum Gasteiger partial charge on any atom is 0.270 e. The van der Waals surface area contributed by atoms with Crippen molar-refractivity contribution in [1.82, 2.24) is 4.98 Å². The smallest absolute Gasteiger partial charge is 0.270 e. The zero-order chi connectivity index (χ0) is 14.8. The maximum absolute atomic E-state index is 10.7. The number of hydrogen-bond donors (Lipinski definition) is 0. The van der Waals surface area contributed by atoms with Crippen molar-refractivity contribution >= 4 is 39.2 Å². The Morgan fingerprint density at radius 1 is 1.10 bits per heavy atom. The Morgan fingerprint density at radius 3 is 2.67 bits per heavy atom. The standard InChI is InChI=1S/C15H9IN2O3/c16-12-9-11(18(19)20)6-7-13(12)21-14-5-1-3-10-4-2-8-17-15(10)14/h1-9H. The van der Waals surface area contributed by atoms with Crippen molar-refractivity contribution in [2.24, 2.45) is 0 Å². The summed E-state index contributed by atoms with van der Waals surface area (Å²) in [5.74, 6) is 1.19. The van der Waals surface area contributed by atoms with Gasteiger partial charge in [0.25, 0.3) is 5.69 Å². The fourth-order valence-electron chi connectivity index (χ4n) is 1.96. The normalized spacial score (nSPS) is 10.5. The van der Waals surface area contributed by atoms with Crippen LogP contribution in [0.4, 0.5) is 5.69 Å². The summed E-state index contributed by atoms with van der Waals surface area (Å²) in [5.41, 5.74) is 0.803. The van der Waals surface area contributed by atoms with Crippen LogP contribution in [0, 0.1) is 13.7 Å². The SMILES string of the molecule is O=[N+]([O-])c1ccc(Oc2cccc3cccnc23)c(I)c1. The summed E-state index contributed by atoms with van der Waals surface area (Å²) in [7, 11) is 0. The minimum absolute atomic E-state index is 0.0443. The number of nitro groups is 1. The summed E-state index contributed by atoms with van der Waals surface area (Å²) in [6, 6.07) is 14.0. The van der Waals surface area contributed by atoms with Crippen LogP contribution in [0.15, 0.2) is 54.7 Å². The molecule has 0 N–H and O–H groups in total. The Bertz CT molecular complexity index is 831. The Kier molecular flexibility index (Phi) is 3.70. The molecule has 6 heteroatoms. The molecular weight excluding hydrogens is 383 g/mol. The summed E-state index contributed by atoms with van der Waals surface area (Å²) >= 11 is 2.02. The van der Waals surface area contributed by atoms with Crippen LogP contribution in [0.5, 0.6) is 11.5 Å². The molecule has 1 heterocycles. The lowest BCUT2D eigenvalue weighted by Gasteiger charge is -2.09. The summed E-state index contributed by atoms with van der Waals surface area (Å²) in [4.78, 5) is 14.6. The Labute approximate surface area is 133 Å². The number of pyridine rings is 1. The first-order chi connectivity index (χ1) is 10.1. The molecule has 3 rings (SSSR count). The second kappa shape index (κ2) is 5.65. The van der Waals surface area contributed by atoms with Crippen LogP contribution in [-0.4, -0.2) is 9.91 Å². The van der Waals surface area contributed by atoms with Crippen molar-refractivity contribution in [1.29, 1.82) is 0 Å². The first kappa shape index (κ1) is 13.7. The lowest BCUT2D eigenvalue weighted by Crippen LogP contribution is -1.93. The van der Waals surface area contributed by atoms with Crippen LogP contribution in [0.1, 0.15) is 0 Å². The number of para-hydroxylation sites is 1. The topological polar surface area (TPSA) is 65.3 Å². The molecular formula is C15H9IN2O3. The van der Waals surface area contributed by atoms with E-state index in [1.165, 1.54) is 12.1 Å². The van der Waals surface area contributed by atoms with Gasteiger partial charge < -0.3 is 4.74 Å². The van der Waals surface area contributed by atoms with Gasteiger partial charge in [0.1, 0.15) is 11.3 Å². The van der Waals surface area contributed by atoms with Crippen LogP contribution >= 0.6 is 22.6 Å². The number of nitrogens with zero attached hydrogens (tertiary/aromatic N) is 2. The van der Waals surface area contributed by atoms with E-state index < -0.39 is 4.92 Å². The molecule has 0 aliphatic carbocycles. The summed E-state index contributed by atoms with van der Waals surface area (Å²) in [6.07, 6.45) is 1.70. The van der Waals surface area contributed by atoms with E-state index >= 15 is 0 Å². The number of fused-ring (bicyclic) bond motifs is 1. The van der Waals surface area contributed by atoms with E-state index in [0.717, 1.165) is 10.9 Å². The Balaban J connectivity index is 2.01. The summed E-state index contributed by atoms with van der Waals surface area (Å²) in [5, 5.41) is 11.7. The third-order valence-electron chi connectivity index (χ3n) is 2.94. The van der Waals surface area contributed by atoms with E-state index in [2.05, 4.69) is 4.98 Å². The molecule has 0 fully saturated rings. The van der Waals surface area contributed by atoms with Crippen molar-refractivity contribution in [2.75, 3.05) is 0 Å². The van der Waals surface area contributed by atoms with Crippen molar-refractivity contribution in [2.45, 2.75) is 0 Å². The number of hydrogen-bond acceptors (Lipinski definition) is 4. The van der Waals surface area contributed by atoms with E-state index in [9.17, 15) is 10.1 Å². The zero-order valence-electron chi connectivity index (χ0n) is 10.7. The second-order valence-corrected chi connectivity index (χ2v) is 5.47.